The molecule has 0 unspecified atom stereocenters. The standard InChI is InChI=1S/C25H27N3O4/c1-31-22-16-20(25(30)28-13-5-6-14-28)21(17-23(22)32-2)26-24(29)15-18-7-9-19(10-8-18)27-11-3-4-12-27/h3-4,7-12,16-17H,5-6,13-15H2,1-2H3,(H,26,29). The summed E-state index contributed by atoms with van der Waals surface area (Å²) in [5, 5.41) is 2.90. The smallest absolute Gasteiger partial charge is 0.256 e. The molecule has 7 heteroatoms. The molecule has 1 aromatic heterocycles. The van der Waals surface area contributed by atoms with Crippen molar-refractivity contribution in [1.82, 2.24) is 9.47 Å². The van der Waals surface area contributed by atoms with E-state index >= 15 is 0 Å². The van der Waals surface area contributed by atoms with Gasteiger partial charge in [-0.3, -0.25) is 9.59 Å². The van der Waals surface area contributed by atoms with Crippen molar-refractivity contribution >= 4 is 17.5 Å². The number of rotatable bonds is 7. The number of carbonyl (C=O) groups is 2. The van der Waals surface area contributed by atoms with Crippen LogP contribution in [0.5, 0.6) is 11.5 Å². The van der Waals surface area contributed by atoms with E-state index in [0.717, 1.165) is 24.1 Å². The molecular weight excluding hydrogens is 406 g/mol. The Morgan fingerprint density at radius 3 is 2.19 bits per heavy atom. The van der Waals surface area contributed by atoms with Crippen molar-refractivity contribution in [2.75, 3.05) is 32.6 Å². The molecule has 1 aliphatic heterocycles. The minimum atomic E-state index is -0.207. The second kappa shape index (κ2) is 9.60. The van der Waals surface area contributed by atoms with Crippen molar-refractivity contribution in [1.29, 1.82) is 0 Å². The van der Waals surface area contributed by atoms with Gasteiger partial charge in [0.1, 0.15) is 0 Å². The molecule has 2 amide bonds. The number of aromatic nitrogens is 1. The molecule has 2 heterocycles. The van der Waals surface area contributed by atoms with E-state index in [0.29, 0.717) is 35.8 Å². The molecule has 0 aliphatic carbocycles. The summed E-state index contributed by atoms with van der Waals surface area (Å²) in [6.07, 6.45) is 6.10. The predicted molar refractivity (Wildman–Crippen MR) is 123 cm³/mol. The zero-order chi connectivity index (χ0) is 22.5. The number of ether oxygens (including phenoxy) is 2. The minimum absolute atomic E-state index is 0.116. The Balaban J connectivity index is 1.54. The monoisotopic (exact) mass is 433 g/mol. The van der Waals surface area contributed by atoms with Crippen LogP contribution >= 0.6 is 0 Å². The Morgan fingerprint density at radius 1 is 0.938 bits per heavy atom. The molecule has 0 atom stereocenters. The van der Waals surface area contributed by atoms with E-state index < -0.39 is 0 Å². The first-order valence-electron chi connectivity index (χ1n) is 10.7. The van der Waals surface area contributed by atoms with Gasteiger partial charge in [0, 0.05) is 37.2 Å². The summed E-state index contributed by atoms with van der Waals surface area (Å²) < 4.78 is 12.8. The maximum Gasteiger partial charge on any atom is 0.256 e. The Morgan fingerprint density at radius 2 is 1.56 bits per heavy atom. The van der Waals surface area contributed by atoms with Crippen molar-refractivity contribution in [3.05, 3.63) is 72.1 Å². The van der Waals surface area contributed by atoms with Crippen LogP contribution in [-0.2, 0) is 11.2 Å². The second-order valence-electron chi connectivity index (χ2n) is 7.73. The largest absolute Gasteiger partial charge is 0.493 e. The Bertz CT molecular complexity index is 1090. The highest BCUT2D eigenvalue weighted by atomic mass is 16.5. The van der Waals surface area contributed by atoms with Crippen LogP contribution in [0.2, 0.25) is 0 Å². The summed E-state index contributed by atoms with van der Waals surface area (Å²) in [6.45, 7) is 1.43. The normalized spacial score (nSPS) is 13.1. The molecule has 1 aliphatic rings. The van der Waals surface area contributed by atoms with Gasteiger partial charge in [0.25, 0.3) is 5.91 Å². The quantitative estimate of drug-likeness (QED) is 0.613. The van der Waals surface area contributed by atoms with Gasteiger partial charge in [-0.25, -0.2) is 0 Å². The maximum atomic E-state index is 13.1. The van der Waals surface area contributed by atoms with Crippen LogP contribution in [0.4, 0.5) is 5.69 Å². The molecule has 32 heavy (non-hydrogen) atoms. The third-order valence-corrected chi connectivity index (χ3v) is 5.63. The Labute approximate surface area is 187 Å². The number of methoxy groups -OCH3 is 2. The van der Waals surface area contributed by atoms with Gasteiger partial charge in [0.2, 0.25) is 5.91 Å². The topological polar surface area (TPSA) is 72.8 Å². The highest BCUT2D eigenvalue weighted by molar-refractivity contribution is 6.05. The van der Waals surface area contributed by atoms with Gasteiger partial charge < -0.3 is 24.3 Å². The van der Waals surface area contributed by atoms with Crippen LogP contribution in [0.1, 0.15) is 28.8 Å². The molecule has 0 spiro atoms. The zero-order valence-corrected chi connectivity index (χ0v) is 18.3. The molecule has 1 fully saturated rings. The molecule has 166 valence electrons. The SMILES string of the molecule is COc1cc(NC(=O)Cc2ccc(-n3cccc3)cc2)c(C(=O)N2CCCC2)cc1OC. The average Bonchev–Trinajstić information content (AvgIpc) is 3.53. The lowest BCUT2D eigenvalue weighted by molar-refractivity contribution is -0.115. The summed E-state index contributed by atoms with van der Waals surface area (Å²) in [5.41, 5.74) is 2.73. The number of benzene rings is 2. The van der Waals surface area contributed by atoms with E-state index in [1.165, 1.54) is 14.2 Å². The average molecular weight is 434 g/mol. The molecule has 7 nitrogen and oxygen atoms in total. The lowest BCUT2D eigenvalue weighted by atomic mass is 10.1. The zero-order valence-electron chi connectivity index (χ0n) is 18.3. The summed E-state index contributed by atoms with van der Waals surface area (Å²) >= 11 is 0. The summed E-state index contributed by atoms with van der Waals surface area (Å²) in [7, 11) is 3.05. The minimum Gasteiger partial charge on any atom is -0.493 e. The van der Waals surface area contributed by atoms with Crippen molar-refractivity contribution in [3.63, 3.8) is 0 Å². The van der Waals surface area contributed by atoms with Gasteiger partial charge in [-0.1, -0.05) is 12.1 Å². The highest BCUT2D eigenvalue weighted by Gasteiger charge is 2.25. The van der Waals surface area contributed by atoms with Crippen LogP contribution in [0.15, 0.2) is 60.9 Å². The fourth-order valence-corrected chi connectivity index (χ4v) is 3.92. The summed E-state index contributed by atoms with van der Waals surface area (Å²) in [5.74, 6) is 0.585. The fraction of sp³-hybridized carbons (Fsp3) is 0.280. The van der Waals surface area contributed by atoms with Gasteiger partial charge in [0.15, 0.2) is 11.5 Å². The summed E-state index contributed by atoms with van der Waals surface area (Å²) in [6, 6.07) is 15.0. The fourth-order valence-electron chi connectivity index (χ4n) is 3.92. The van der Waals surface area contributed by atoms with E-state index in [1.54, 1.807) is 17.0 Å². The third kappa shape index (κ3) is 4.61. The molecule has 0 bridgehead atoms. The number of carbonyl (C=O) groups excluding carboxylic acids is 2. The van der Waals surface area contributed by atoms with Gasteiger partial charge in [0.05, 0.1) is 31.9 Å². The Hall–Kier alpha value is -3.74. The van der Waals surface area contributed by atoms with Crippen LogP contribution in [-0.4, -0.2) is 48.6 Å². The molecule has 1 saturated heterocycles. The molecule has 0 saturated carbocycles. The van der Waals surface area contributed by atoms with Crippen molar-refractivity contribution in [2.24, 2.45) is 0 Å². The summed E-state index contributed by atoms with van der Waals surface area (Å²) in [4.78, 5) is 27.7. The van der Waals surface area contributed by atoms with E-state index in [1.807, 2.05) is 53.4 Å². The van der Waals surface area contributed by atoms with Crippen LogP contribution in [0.25, 0.3) is 5.69 Å². The van der Waals surface area contributed by atoms with Gasteiger partial charge >= 0.3 is 0 Å². The first kappa shape index (κ1) is 21.5. The van der Waals surface area contributed by atoms with Crippen LogP contribution in [0, 0.1) is 0 Å². The number of nitrogens with one attached hydrogen (secondary N) is 1. The predicted octanol–water partition coefficient (Wildman–Crippen LogP) is 3.91. The molecule has 2 aromatic carbocycles. The molecule has 0 radical (unpaired) electrons. The highest BCUT2D eigenvalue weighted by Crippen LogP contribution is 2.34. The second-order valence-corrected chi connectivity index (χ2v) is 7.73. The van der Waals surface area contributed by atoms with E-state index in [4.69, 9.17) is 9.47 Å². The first-order chi connectivity index (χ1) is 15.6. The first-order valence-corrected chi connectivity index (χ1v) is 10.7. The van der Waals surface area contributed by atoms with Crippen molar-refractivity contribution < 1.29 is 19.1 Å². The number of anilines is 1. The van der Waals surface area contributed by atoms with Crippen molar-refractivity contribution in [2.45, 2.75) is 19.3 Å². The van der Waals surface area contributed by atoms with Gasteiger partial charge in [-0.05, 0) is 48.7 Å². The Kier molecular flexibility index (Phi) is 6.44. The van der Waals surface area contributed by atoms with Gasteiger partial charge in [-0.15, -0.1) is 0 Å². The van der Waals surface area contributed by atoms with Crippen molar-refractivity contribution in [3.8, 4) is 17.2 Å². The number of amides is 2. The molecule has 1 N–H and O–H groups in total. The van der Waals surface area contributed by atoms with E-state index in [9.17, 15) is 9.59 Å². The lowest BCUT2D eigenvalue weighted by Gasteiger charge is -2.20. The van der Waals surface area contributed by atoms with Crippen LogP contribution in [0.3, 0.4) is 0 Å². The number of likely N-dealkylation sites (tertiary alicyclic amines) is 1. The van der Waals surface area contributed by atoms with Gasteiger partial charge in [-0.2, -0.15) is 0 Å². The van der Waals surface area contributed by atoms with E-state index in [-0.39, 0.29) is 18.2 Å². The number of hydrogen-bond acceptors (Lipinski definition) is 4. The maximum absolute atomic E-state index is 13.1. The van der Waals surface area contributed by atoms with E-state index in [2.05, 4.69) is 5.32 Å². The third-order valence-electron chi connectivity index (χ3n) is 5.63. The molecule has 4 rings (SSSR count). The van der Waals surface area contributed by atoms with Crippen LogP contribution < -0.4 is 14.8 Å². The number of nitrogens with zero attached hydrogens (tertiary/aromatic N) is 2. The molecular formula is C25H27N3O4. The lowest BCUT2D eigenvalue weighted by Crippen LogP contribution is -2.29. The molecule has 3 aromatic rings. The number of hydrogen-bond donors (Lipinski definition) is 1.